The number of hydrogen-bond donors (Lipinski definition) is 1. The predicted octanol–water partition coefficient (Wildman–Crippen LogP) is 1.67. The first-order valence-electron chi connectivity index (χ1n) is 11.7. The summed E-state index contributed by atoms with van der Waals surface area (Å²) in [7, 11) is 0. The van der Waals surface area contributed by atoms with E-state index >= 15 is 0 Å². The van der Waals surface area contributed by atoms with E-state index in [0.717, 1.165) is 6.07 Å². The molecule has 0 aromatic carbocycles. The van der Waals surface area contributed by atoms with Crippen molar-refractivity contribution in [3.05, 3.63) is 29.8 Å². The second-order valence-corrected chi connectivity index (χ2v) is 9.99. The largest absolute Gasteiger partial charge is 0.490 e. The standard InChI is InChI=1S/C23H23F4N5O4/c24-17-7-11(3-4-30-17)19(33)31-13-1-2-14(31)6-12(5-13)18(29)20(34)32-15(10-28)8-22(9-16(22)32)36-21(35)23(25,26)27/h3-4,7,12-16,18H,1-2,5-6,8-9,29H2/t12?,13?,14?,15-,16-,18+,22?/m0/s1. The van der Waals surface area contributed by atoms with Crippen molar-refractivity contribution in [3.8, 4) is 6.07 Å². The Labute approximate surface area is 203 Å². The van der Waals surface area contributed by atoms with Crippen LogP contribution in [0.15, 0.2) is 18.3 Å². The van der Waals surface area contributed by atoms with Crippen LogP contribution in [0.4, 0.5) is 17.6 Å². The second kappa shape index (κ2) is 8.40. The lowest BCUT2D eigenvalue weighted by Gasteiger charge is -2.41. The predicted molar refractivity (Wildman–Crippen MR) is 112 cm³/mol. The van der Waals surface area contributed by atoms with Crippen molar-refractivity contribution in [2.24, 2.45) is 11.7 Å². The van der Waals surface area contributed by atoms with Crippen LogP contribution >= 0.6 is 0 Å². The number of alkyl halides is 3. The maximum absolute atomic E-state index is 13.5. The van der Waals surface area contributed by atoms with Gasteiger partial charge < -0.3 is 20.3 Å². The quantitative estimate of drug-likeness (QED) is 0.371. The van der Waals surface area contributed by atoms with Gasteiger partial charge in [-0.25, -0.2) is 9.78 Å². The summed E-state index contributed by atoms with van der Waals surface area (Å²) >= 11 is 0. The minimum Gasteiger partial charge on any atom is -0.450 e. The molecule has 0 spiro atoms. The Morgan fingerprint density at radius 1 is 1.19 bits per heavy atom. The number of nitrogens with zero attached hydrogens (tertiary/aromatic N) is 4. The molecule has 13 heteroatoms. The number of nitriles is 1. The molecule has 1 aromatic heterocycles. The number of carbonyl (C=O) groups excluding carboxylic acids is 3. The van der Waals surface area contributed by atoms with Crippen LogP contribution in [0.25, 0.3) is 0 Å². The van der Waals surface area contributed by atoms with Crippen molar-refractivity contribution >= 4 is 17.8 Å². The van der Waals surface area contributed by atoms with Crippen LogP contribution in [-0.4, -0.2) is 74.6 Å². The highest BCUT2D eigenvalue weighted by Crippen LogP contribution is 2.55. The van der Waals surface area contributed by atoms with Crippen LogP contribution in [0, 0.1) is 23.2 Å². The number of nitrogens with two attached hydrogens (primary N) is 1. The van der Waals surface area contributed by atoms with Crippen LogP contribution in [-0.2, 0) is 14.3 Å². The van der Waals surface area contributed by atoms with Gasteiger partial charge in [0.1, 0.15) is 11.6 Å². The molecule has 2 N–H and O–H groups in total. The first-order valence-corrected chi connectivity index (χ1v) is 11.7. The number of likely N-dealkylation sites (tertiary alicyclic amines) is 1. The Morgan fingerprint density at radius 2 is 1.86 bits per heavy atom. The summed E-state index contributed by atoms with van der Waals surface area (Å²) in [6.45, 7) is 0. The van der Waals surface area contributed by atoms with Crippen molar-refractivity contribution in [1.82, 2.24) is 14.8 Å². The van der Waals surface area contributed by atoms with E-state index in [2.05, 4.69) is 9.72 Å². The Hall–Kier alpha value is -3.27. The van der Waals surface area contributed by atoms with Crippen molar-refractivity contribution in [2.75, 3.05) is 0 Å². The molecule has 1 aliphatic carbocycles. The number of halogens is 4. The van der Waals surface area contributed by atoms with E-state index in [0.29, 0.717) is 25.7 Å². The highest BCUT2D eigenvalue weighted by atomic mass is 19.4. The lowest BCUT2D eigenvalue weighted by atomic mass is 9.84. The zero-order valence-corrected chi connectivity index (χ0v) is 18.9. The molecule has 4 fully saturated rings. The highest BCUT2D eigenvalue weighted by molar-refractivity contribution is 5.95. The zero-order valence-electron chi connectivity index (χ0n) is 18.9. The topological polar surface area (TPSA) is 130 Å². The first kappa shape index (κ1) is 24.4. The minimum absolute atomic E-state index is 0.0200. The lowest BCUT2D eigenvalue weighted by Crippen LogP contribution is -2.55. The Bertz CT molecular complexity index is 1140. The van der Waals surface area contributed by atoms with Crippen LogP contribution < -0.4 is 5.73 Å². The van der Waals surface area contributed by atoms with E-state index in [1.807, 2.05) is 6.07 Å². The molecule has 1 saturated carbocycles. The number of esters is 1. The fourth-order valence-electron chi connectivity index (χ4n) is 6.19. The maximum atomic E-state index is 13.5. The van der Waals surface area contributed by atoms with E-state index in [4.69, 9.17) is 5.73 Å². The van der Waals surface area contributed by atoms with Crippen LogP contribution in [0.5, 0.6) is 0 Å². The van der Waals surface area contributed by atoms with E-state index in [-0.39, 0.29) is 42.3 Å². The number of amides is 2. The van der Waals surface area contributed by atoms with Gasteiger partial charge in [0.2, 0.25) is 11.9 Å². The first-order chi connectivity index (χ1) is 16.9. The van der Waals surface area contributed by atoms with E-state index in [1.54, 1.807) is 4.90 Å². The van der Waals surface area contributed by atoms with Crippen molar-refractivity contribution in [3.63, 3.8) is 0 Å². The maximum Gasteiger partial charge on any atom is 0.490 e. The fourth-order valence-corrected chi connectivity index (χ4v) is 6.19. The van der Waals surface area contributed by atoms with Gasteiger partial charge in [-0.1, -0.05) is 0 Å². The number of carbonyl (C=O) groups is 3. The van der Waals surface area contributed by atoms with Gasteiger partial charge in [-0.3, -0.25) is 9.59 Å². The summed E-state index contributed by atoms with van der Waals surface area (Å²) in [5, 5.41) is 9.52. The molecule has 36 heavy (non-hydrogen) atoms. The molecule has 4 heterocycles. The number of hydrogen-bond acceptors (Lipinski definition) is 7. The summed E-state index contributed by atoms with van der Waals surface area (Å²) in [5.41, 5.74) is 5.01. The normalized spacial score (nSPS) is 33.5. The molecule has 3 aliphatic heterocycles. The minimum atomic E-state index is -5.18. The number of rotatable bonds is 4. The van der Waals surface area contributed by atoms with Crippen LogP contribution in [0.2, 0.25) is 0 Å². The summed E-state index contributed by atoms with van der Waals surface area (Å²) in [6, 6.07) is 1.12. The van der Waals surface area contributed by atoms with Gasteiger partial charge in [-0.05, 0) is 37.7 Å². The molecule has 2 bridgehead atoms. The SMILES string of the molecule is N#C[C@@H]1CC2(OC(=O)C(F)(F)F)C[C@@H]2N1C(=O)[C@H](N)C1CC2CCC(C1)N2C(=O)c1ccnc(F)c1. The smallest absolute Gasteiger partial charge is 0.450 e. The van der Waals surface area contributed by atoms with Crippen molar-refractivity contribution in [2.45, 2.75) is 80.5 Å². The molecule has 3 unspecified atom stereocenters. The van der Waals surface area contributed by atoms with Crippen molar-refractivity contribution < 1.29 is 36.7 Å². The average Bonchev–Trinajstić information content (AvgIpc) is 3.33. The molecule has 2 amide bonds. The molecule has 0 radical (unpaired) electrons. The molecular formula is C23H23F4N5O4. The summed E-state index contributed by atoms with van der Waals surface area (Å²) in [6.07, 6.45) is -1.89. The number of aromatic nitrogens is 1. The van der Waals surface area contributed by atoms with Gasteiger partial charge in [0, 0.05) is 42.8 Å². The van der Waals surface area contributed by atoms with Gasteiger partial charge in [-0.2, -0.15) is 22.8 Å². The van der Waals surface area contributed by atoms with E-state index in [9.17, 15) is 37.2 Å². The monoisotopic (exact) mass is 509 g/mol. The molecule has 5 rings (SSSR count). The molecule has 1 aromatic rings. The summed E-state index contributed by atoms with van der Waals surface area (Å²) in [5.74, 6) is -4.32. The Balaban J connectivity index is 1.27. The number of pyridine rings is 1. The second-order valence-electron chi connectivity index (χ2n) is 9.99. The van der Waals surface area contributed by atoms with E-state index in [1.165, 1.54) is 17.2 Å². The fraction of sp³-hybridized carbons (Fsp3) is 0.609. The van der Waals surface area contributed by atoms with Gasteiger partial charge in [-0.15, -0.1) is 0 Å². The number of piperidine rings is 2. The third-order valence-electron chi connectivity index (χ3n) is 7.90. The molecule has 3 saturated heterocycles. The molecule has 9 nitrogen and oxygen atoms in total. The highest BCUT2D eigenvalue weighted by Gasteiger charge is 2.71. The van der Waals surface area contributed by atoms with Gasteiger partial charge >= 0.3 is 12.1 Å². The van der Waals surface area contributed by atoms with Gasteiger partial charge in [0.15, 0.2) is 0 Å². The Kier molecular flexibility index (Phi) is 5.70. The number of fused-ring (bicyclic) bond motifs is 3. The van der Waals surface area contributed by atoms with Gasteiger partial charge in [0.25, 0.3) is 5.91 Å². The molecule has 6 atom stereocenters. The summed E-state index contributed by atoms with van der Waals surface area (Å²) in [4.78, 5) is 44.1. The summed E-state index contributed by atoms with van der Waals surface area (Å²) < 4.78 is 56.3. The third-order valence-corrected chi connectivity index (χ3v) is 7.90. The molecule has 192 valence electrons. The van der Waals surface area contributed by atoms with Gasteiger partial charge in [0.05, 0.1) is 18.2 Å². The Morgan fingerprint density at radius 3 is 2.44 bits per heavy atom. The van der Waals surface area contributed by atoms with E-state index < -0.39 is 47.7 Å². The zero-order chi connectivity index (χ0) is 26.0. The van der Waals surface area contributed by atoms with Crippen LogP contribution in [0.1, 0.15) is 48.9 Å². The third kappa shape index (κ3) is 3.97. The lowest BCUT2D eigenvalue weighted by molar-refractivity contribution is -0.207. The number of ether oxygens (including phenoxy) is 1. The van der Waals surface area contributed by atoms with Crippen LogP contribution in [0.3, 0.4) is 0 Å². The molecule has 4 aliphatic rings. The average molecular weight is 509 g/mol. The van der Waals surface area contributed by atoms with Crippen molar-refractivity contribution in [1.29, 1.82) is 5.26 Å². The molecular weight excluding hydrogens is 486 g/mol.